The molecule has 2 heteroatoms. The standard InChI is InChI=1S/C9H17NO.2C2H6/c1-4-6-9(11)10-7-8(3)5-2;2*1-2/h3-7H2,1-2H3,(H,10,11);2*1-2H3. The molecule has 92 valence electrons. The van der Waals surface area contributed by atoms with E-state index < -0.39 is 0 Å². The largest absolute Gasteiger partial charge is 0.352 e. The van der Waals surface area contributed by atoms with E-state index in [4.69, 9.17) is 0 Å². The van der Waals surface area contributed by atoms with Crippen LogP contribution in [0.3, 0.4) is 0 Å². The molecular weight excluding hydrogens is 186 g/mol. The average molecular weight is 215 g/mol. The molecule has 0 aromatic rings. The number of carbonyl (C=O) groups excluding carboxylic acids is 1. The monoisotopic (exact) mass is 215 g/mol. The second-order valence-corrected chi connectivity index (χ2v) is 2.63. The van der Waals surface area contributed by atoms with E-state index in [-0.39, 0.29) is 5.91 Å². The molecule has 0 unspecified atom stereocenters. The van der Waals surface area contributed by atoms with E-state index in [1.807, 2.05) is 41.5 Å². The molecule has 0 heterocycles. The van der Waals surface area contributed by atoms with Crippen LogP contribution < -0.4 is 5.32 Å². The van der Waals surface area contributed by atoms with Crippen molar-refractivity contribution < 1.29 is 4.79 Å². The summed E-state index contributed by atoms with van der Waals surface area (Å²) in [6, 6.07) is 0. The van der Waals surface area contributed by atoms with Crippen molar-refractivity contribution in [2.75, 3.05) is 6.54 Å². The van der Waals surface area contributed by atoms with Crippen LogP contribution in [0.5, 0.6) is 0 Å². The first-order valence-electron chi connectivity index (χ1n) is 6.14. The maximum absolute atomic E-state index is 10.9. The van der Waals surface area contributed by atoms with Crippen LogP contribution >= 0.6 is 0 Å². The Bertz CT molecular complexity index is 141. The summed E-state index contributed by atoms with van der Waals surface area (Å²) >= 11 is 0. The Morgan fingerprint density at radius 2 is 1.60 bits per heavy atom. The van der Waals surface area contributed by atoms with Crippen molar-refractivity contribution in [3.8, 4) is 0 Å². The number of nitrogens with one attached hydrogen (secondary N) is 1. The normalized spacial score (nSPS) is 7.60. The zero-order chi connectivity index (χ0) is 12.7. The number of rotatable bonds is 5. The highest BCUT2D eigenvalue weighted by molar-refractivity contribution is 5.75. The molecule has 2 nitrogen and oxygen atoms in total. The fraction of sp³-hybridized carbons (Fsp3) is 0.769. The Hall–Kier alpha value is -0.790. The van der Waals surface area contributed by atoms with Crippen molar-refractivity contribution in [2.45, 2.75) is 60.8 Å². The van der Waals surface area contributed by atoms with E-state index in [1.54, 1.807) is 0 Å². The van der Waals surface area contributed by atoms with Gasteiger partial charge >= 0.3 is 0 Å². The van der Waals surface area contributed by atoms with Gasteiger partial charge in [0.25, 0.3) is 0 Å². The smallest absolute Gasteiger partial charge is 0.220 e. The van der Waals surface area contributed by atoms with E-state index in [0.29, 0.717) is 13.0 Å². The molecule has 0 spiro atoms. The minimum absolute atomic E-state index is 0.127. The Morgan fingerprint density at radius 1 is 1.13 bits per heavy atom. The third-order valence-corrected chi connectivity index (χ3v) is 1.51. The van der Waals surface area contributed by atoms with Crippen LogP contribution in [0.25, 0.3) is 0 Å². The van der Waals surface area contributed by atoms with Crippen LogP contribution in [0, 0.1) is 0 Å². The summed E-state index contributed by atoms with van der Waals surface area (Å²) in [5.41, 5.74) is 1.08. The predicted molar refractivity (Wildman–Crippen MR) is 70.0 cm³/mol. The van der Waals surface area contributed by atoms with E-state index in [0.717, 1.165) is 18.4 Å². The fourth-order valence-electron chi connectivity index (χ4n) is 0.664. The third kappa shape index (κ3) is 19.6. The molecule has 0 bridgehead atoms. The van der Waals surface area contributed by atoms with Crippen molar-refractivity contribution in [3.63, 3.8) is 0 Å². The van der Waals surface area contributed by atoms with Crippen molar-refractivity contribution in [2.24, 2.45) is 0 Å². The third-order valence-electron chi connectivity index (χ3n) is 1.51. The van der Waals surface area contributed by atoms with E-state index in [1.165, 1.54) is 0 Å². The summed E-state index contributed by atoms with van der Waals surface area (Å²) in [5, 5.41) is 2.80. The number of hydrogen-bond donors (Lipinski definition) is 1. The molecule has 0 atom stereocenters. The van der Waals surface area contributed by atoms with Gasteiger partial charge < -0.3 is 5.32 Å². The van der Waals surface area contributed by atoms with Gasteiger partial charge in [0.15, 0.2) is 0 Å². The van der Waals surface area contributed by atoms with Crippen LogP contribution in [0.15, 0.2) is 12.2 Å². The molecule has 15 heavy (non-hydrogen) atoms. The molecular formula is C13H29NO. The Labute approximate surface area is 96.2 Å². The van der Waals surface area contributed by atoms with Crippen LogP contribution in [-0.4, -0.2) is 12.5 Å². The van der Waals surface area contributed by atoms with Crippen LogP contribution in [0.1, 0.15) is 60.8 Å². The summed E-state index contributed by atoms with van der Waals surface area (Å²) < 4.78 is 0. The molecule has 0 radical (unpaired) electrons. The van der Waals surface area contributed by atoms with Crippen molar-refractivity contribution in [1.82, 2.24) is 5.32 Å². The summed E-state index contributed by atoms with van der Waals surface area (Å²) in [5.74, 6) is 0.127. The minimum Gasteiger partial charge on any atom is -0.352 e. The predicted octanol–water partition coefficient (Wildman–Crippen LogP) is 3.92. The first-order valence-corrected chi connectivity index (χ1v) is 6.14. The first kappa shape index (κ1) is 19.7. The maximum Gasteiger partial charge on any atom is 0.220 e. The lowest BCUT2D eigenvalue weighted by atomic mass is 10.2. The lowest BCUT2D eigenvalue weighted by molar-refractivity contribution is -0.120. The SMILES string of the molecule is C=C(CC)CNC(=O)CCC.CC.CC. The molecule has 0 saturated carbocycles. The van der Waals surface area contributed by atoms with Gasteiger partial charge in [0.2, 0.25) is 5.91 Å². The summed E-state index contributed by atoms with van der Waals surface area (Å²) in [6.45, 7) is 16.5. The summed E-state index contributed by atoms with van der Waals surface area (Å²) in [7, 11) is 0. The lowest BCUT2D eigenvalue weighted by Crippen LogP contribution is -2.24. The molecule has 0 rings (SSSR count). The van der Waals surface area contributed by atoms with Gasteiger partial charge in [-0.3, -0.25) is 4.79 Å². The Balaban J connectivity index is -0.000000318. The fourth-order valence-corrected chi connectivity index (χ4v) is 0.664. The van der Waals surface area contributed by atoms with Gasteiger partial charge in [0.05, 0.1) is 0 Å². The second kappa shape index (κ2) is 18.9. The lowest BCUT2D eigenvalue weighted by Gasteiger charge is -2.04. The van der Waals surface area contributed by atoms with Gasteiger partial charge in [-0.05, 0) is 12.8 Å². The number of hydrogen-bond acceptors (Lipinski definition) is 1. The van der Waals surface area contributed by atoms with Gasteiger partial charge in [0, 0.05) is 13.0 Å². The van der Waals surface area contributed by atoms with E-state index in [9.17, 15) is 4.79 Å². The Kier molecular flexibility index (Phi) is 24.9. The topological polar surface area (TPSA) is 29.1 Å². The van der Waals surface area contributed by atoms with Crippen LogP contribution in [0.2, 0.25) is 0 Å². The highest BCUT2D eigenvalue weighted by atomic mass is 16.1. The molecule has 0 aliphatic carbocycles. The Morgan fingerprint density at radius 3 is 1.93 bits per heavy atom. The highest BCUT2D eigenvalue weighted by Gasteiger charge is 1.97. The molecule has 0 aromatic carbocycles. The van der Waals surface area contributed by atoms with E-state index in [2.05, 4.69) is 11.9 Å². The molecule has 0 aliphatic heterocycles. The van der Waals surface area contributed by atoms with Crippen molar-refractivity contribution in [1.29, 1.82) is 0 Å². The van der Waals surface area contributed by atoms with Gasteiger partial charge in [-0.2, -0.15) is 0 Å². The average Bonchev–Trinajstić information content (AvgIpc) is 2.31. The molecule has 0 aromatic heterocycles. The van der Waals surface area contributed by atoms with Gasteiger partial charge in [-0.25, -0.2) is 0 Å². The molecule has 0 fully saturated rings. The molecule has 1 amide bonds. The molecule has 0 aliphatic rings. The van der Waals surface area contributed by atoms with Gasteiger partial charge in [0.1, 0.15) is 0 Å². The molecule has 0 saturated heterocycles. The van der Waals surface area contributed by atoms with E-state index >= 15 is 0 Å². The quantitative estimate of drug-likeness (QED) is 0.692. The first-order chi connectivity index (χ1) is 7.20. The van der Waals surface area contributed by atoms with Crippen LogP contribution in [0.4, 0.5) is 0 Å². The maximum atomic E-state index is 10.9. The zero-order valence-electron chi connectivity index (χ0n) is 11.4. The number of amides is 1. The molecule has 1 N–H and O–H groups in total. The summed E-state index contributed by atoms with van der Waals surface area (Å²) in [4.78, 5) is 10.9. The van der Waals surface area contributed by atoms with Crippen LogP contribution in [-0.2, 0) is 4.79 Å². The summed E-state index contributed by atoms with van der Waals surface area (Å²) in [6.07, 6.45) is 2.47. The van der Waals surface area contributed by atoms with Crippen molar-refractivity contribution in [3.05, 3.63) is 12.2 Å². The highest BCUT2D eigenvalue weighted by Crippen LogP contribution is 1.93. The minimum atomic E-state index is 0.127. The number of carbonyl (C=O) groups is 1. The van der Waals surface area contributed by atoms with Gasteiger partial charge in [-0.15, -0.1) is 0 Å². The zero-order valence-corrected chi connectivity index (χ0v) is 11.4. The van der Waals surface area contributed by atoms with Crippen molar-refractivity contribution >= 4 is 5.91 Å². The second-order valence-electron chi connectivity index (χ2n) is 2.63. The van der Waals surface area contributed by atoms with Gasteiger partial charge in [-0.1, -0.05) is 53.7 Å².